The highest BCUT2D eigenvalue weighted by molar-refractivity contribution is 5.34. The Kier molecular flexibility index (Phi) is 4.57. The SMILES string of the molecule is CCOc1cccn(C(c2ccccc2)c2ccccc2)c1=O. The van der Waals surface area contributed by atoms with E-state index in [4.69, 9.17) is 4.74 Å². The number of pyridine rings is 1. The Balaban J connectivity index is 2.18. The molecule has 0 radical (unpaired) electrons. The van der Waals surface area contributed by atoms with E-state index >= 15 is 0 Å². The first-order valence-corrected chi connectivity index (χ1v) is 7.75. The Morgan fingerprint density at radius 3 is 1.96 bits per heavy atom. The van der Waals surface area contributed by atoms with Crippen molar-refractivity contribution in [1.82, 2.24) is 4.57 Å². The van der Waals surface area contributed by atoms with Crippen molar-refractivity contribution in [1.29, 1.82) is 0 Å². The predicted molar refractivity (Wildman–Crippen MR) is 92.0 cm³/mol. The van der Waals surface area contributed by atoms with Gasteiger partial charge < -0.3 is 9.30 Å². The van der Waals surface area contributed by atoms with E-state index in [-0.39, 0.29) is 11.6 Å². The fourth-order valence-electron chi connectivity index (χ4n) is 2.74. The van der Waals surface area contributed by atoms with Crippen molar-refractivity contribution >= 4 is 0 Å². The van der Waals surface area contributed by atoms with Crippen molar-refractivity contribution in [2.24, 2.45) is 0 Å². The third-order valence-electron chi connectivity index (χ3n) is 3.75. The van der Waals surface area contributed by atoms with Gasteiger partial charge in [0.1, 0.15) is 0 Å². The second-order valence-electron chi connectivity index (χ2n) is 5.24. The fourth-order valence-corrected chi connectivity index (χ4v) is 2.74. The number of rotatable bonds is 5. The molecular weight excluding hydrogens is 286 g/mol. The van der Waals surface area contributed by atoms with Crippen molar-refractivity contribution in [2.45, 2.75) is 13.0 Å². The summed E-state index contributed by atoms with van der Waals surface area (Å²) in [7, 11) is 0. The van der Waals surface area contributed by atoms with Crippen molar-refractivity contribution in [3.05, 3.63) is 100 Å². The van der Waals surface area contributed by atoms with Gasteiger partial charge in [-0.3, -0.25) is 4.79 Å². The first-order chi connectivity index (χ1) is 11.3. The van der Waals surface area contributed by atoms with Crippen LogP contribution in [0.4, 0.5) is 0 Å². The largest absolute Gasteiger partial charge is 0.488 e. The molecule has 0 aliphatic rings. The third kappa shape index (κ3) is 3.19. The second-order valence-corrected chi connectivity index (χ2v) is 5.24. The van der Waals surface area contributed by atoms with E-state index in [0.29, 0.717) is 12.4 Å². The quantitative estimate of drug-likeness (QED) is 0.716. The van der Waals surface area contributed by atoms with Gasteiger partial charge in [-0.15, -0.1) is 0 Å². The van der Waals surface area contributed by atoms with Crippen LogP contribution in [-0.2, 0) is 0 Å². The van der Waals surface area contributed by atoms with Gasteiger partial charge in [0.2, 0.25) is 0 Å². The standard InChI is InChI=1S/C20H19NO2/c1-2-23-18-14-9-15-21(20(18)22)19(16-10-5-3-6-11-16)17-12-7-4-8-13-17/h3-15,19H,2H2,1H3. The third-order valence-corrected chi connectivity index (χ3v) is 3.75. The molecule has 1 aromatic heterocycles. The summed E-state index contributed by atoms with van der Waals surface area (Å²) in [6.07, 6.45) is 1.82. The maximum Gasteiger partial charge on any atom is 0.293 e. The fraction of sp³-hybridized carbons (Fsp3) is 0.150. The lowest BCUT2D eigenvalue weighted by Gasteiger charge is -2.21. The molecule has 3 rings (SSSR count). The van der Waals surface area contributed by atoms with Gasteiger partial charge in [-0.25, -0.2) is 0 Å². The minimum absolute atomic E-state index is 0.118. The molecule has 2 aromatic carbocycles. The van der Waals surface area contributed by atoms with Gasteiger partial charge in [-0.05, 0) is 30.2 Å². The number of benzene rings is 2. The number of hydrogen-bond acceptors (Lipinski definition) is 2. The van der Waals surface area contributed by atoms with E-state index in [1.165, 1.54) is 0 Å². The molecule has 0 aliphatic carbocycles. The molecule has 0 fully saturated rings. The molecule has 0 amide bonds. The van der Waals surface area contributed by atoms with Crippen LogP contribution in [-0.4, -0.2) is 11.2 Å². The Hall–Kier alpha value is -2.81. The molecule has 1 heterocycles. The van der Waals surface area contributed by atoms with Crippen LogP contribution in [0, 0.1) is 0 Å². The second kappa shape index (κ2) is 6.97. The summed E-state index contributed by atoms with van der Waals surface area (Å²) >= 11 is 0. The van der Waals surface area contributed by atoms with Crippen molar-refractivity contribution in [2.75, 3.05) is 6.61 Å². The highest BCUT2D eigenvalue weighted by atomic mass is 16.5. The summed E-state index contributed by atoms with van der Waals surface area (Å²) in [6, 6.07) is 23.5. The van der Waals surface area contributed by atoms with Gasteiger partial charge >= 0.3 is 0 Å². The normalized spacial score (nSPS) is 10.7. The highest BCUT2D eigenvalue weighted by Gasteiger charge is 2.18. The smallest absolute Gasteiger partial charge is 0.293 e. The zero-order valence-corrected chi connectivity index (χ0v) is 13.1. The minimum Gasteiger partial charge on any atom is -0.488 e. The summed E-state index contributed by atoms with van der Waals surface area (Å²) in [4.78, 5) is 12.8. The molecule has 0 N–H and O–H groups in total. The van der Waals surface area contributed by atoms with E-state index in [2.05, 4.69) is 0 Å². The van der Waals surface area contributed by atoms with Gasteiger partial charge in [0.05, 0.1) is 12.6 Å². The van der Waals surface area contributed by atoms with Crippen LogP contribution in [0.5, 0.6) is 5.75 Å². The average molecular weight is 305 g/mol. The van der Waals surface area contributed by atoms with Crippen LogP contribution in [0.3, 0.4) is 0 Å². The van der Waals surface area contributed by atoms with Gasteiger partial charge in [-0.2, -0.15) is 0 Å². The van der Waals surface area contributed by atoms with Crippen LogP contribution in [0.15, 0.2) is 83.8 Å². The average Bonchev–Trinajstić information content (AvgIpc) is 2.60. The lowest BCUT2D eigenvalue weighted by atomic mass is 9.98. The highest BCUT2D eigenvalue weighted by Crippen LogP contribution is 2.25. The van der Waals surface area contributed by atoms with Crippen molar-refractivity contribution < 1.29 is 4.74 Å². The van der Waals surface area contributed by atoms with Crippen molar-refractivity contribution in [3.63, 3.8) is 0 Å². The predicted octanol–water partition coefficient (Wildman–Crippen LogP) is 3.88. The summed E-state index contributed by atoms with van der Waals surface area (Å²) in [5.41, 5.74) is 2.01. The Bertz CT molecular complexity index is 770. The molecule has 23 heavy (non-hydrogen) atoms. The van der Waals surface area contributed by atoms with E-state index in [9.17, 15) is 4.79 Å². The summed E-state index contributed by atoms with van der Waals surface area (Å²) in [5, 5.41) is 0. The van der Waals surface area contributed by atoms with Crippen LogP contribution in [0.1, 0.15) is 24.1 Å². The molecule has 0 spiro atoms. The summed E-state index contributed by atoms with van der Waals surface area (Å²) in [6.45, 7) is 2.35. The molecular formula is C20H19NO2. The van der Waals surface area contributed by atoms with Crippen LogP contribution in [0.2, 0.25) is 0 Å². The number of nitrogens with zero attached hydrogens (tertiary/aromatic N) is 1. The number of aromatic nitrogens is 1. The first-order valence-electron chi connectivity index (χ1n) is 7.75. The van der Waals surface area contributed by atoms with E-state index in [1.807, 2.05) is 79.9 Å². The van der Waals surface area contributed by atoms with E-state index in [1.54, 1.807) is 10.6 Å². The lowest BCUT2D eigenvalue weighted by Crippen LogP contribution is -2.26. The van der Waals surface area contributed by atoms with E-state index < -0.39 is 0 Å². The summed E-state index contributed by atoms with van der Waals surface area (Å²) in [5.74, 6) is 0.381. The van der Waals surface area contributed by atoms with Crippen LogP contribution < -0.4 is 10.3 Å². The van der Waals surface area contributed by atoms with E-state index in [0.717, 1.165) is 11.1 Å². The van der Waals surface area contributed by atoms with Crippen LogP contribution >= 0.6 is 0 Å². The molecule has 0 bridgehead atoms. The zero-order valence-electron chi connectivity index (χ0n) is 13.1. The molecule has 0 saturated heterocycles. The van der Waals surface area contributed by atoms with Gasteiger partial charge in [0.15, 0.2) is 5.75 Å². The molecule has 3 nitrogen and oxygen atoms in total. The number of ether oxygens (including phenoxy) is 1. The Labute approximate surface area is 135 Å². The topological polar surface area (TPSA) is 31.2 Å². The molecule has 0 saturated carbocycles. The van der Waals surface area contributed by atoms with Crippen LogP contribution in [0.25, 0.3) is 0 Å². The zero-order chi connectivity index (χ0) is 16.1. The Morgan fingerprint density at radius 2 is 1.43 bits per heavy atom. The molecule has 0 unspecified atom stereocenters. The maximum absolute atomic E-state index is 12.8. The summed E-state index contributed by atoms with van der Waals surface area (Å²) < 4.78 is 7.20. The molecule has 116 valence electrons. The monoisotopic (exact) mass is 305 g/mol. The molecule has 0 aliphatic heterocycles. The van der Waals surface area contributed by atoms with Gasteiger partial charge in [0.25, 0.3) is 5.56 Å². The van der Waals surface area contributed by atoms with Gasteiger partial charge in [-0.1, -0.05) is 60.7 Å². The molecule has 3 aromatic rings. The molecule has 0 atom stereocenters. The minimum atomic E-state index is -0.176. The maximum atomic E-state index is 12.8. The van der Waals surface area contributed by atoms with Crippen molar-refractivity contribution in [3.8, 4) is 5.75 Å². The van der Waals surface area contributed by atoms with Gasteiger partial charge in [0, 0.05) is 6.20 Å². The Morgan fingerprint density at radius 1 is 0.870 bits per heavy atom. The number of hydrogen-bond donors (Lipinski definition) is 0. The molecule has 3 heteroatoms. The lowest BCUT2D eigenvalue weighted by molar-refractivity contribution is 0.331. The first kappa shape index (κ1) is 15.1.